The van der Waals surface area contributed by atoms with Crippen molar-refractivity contribution in [3.63, 3.8) is 0 Å². The van der Waals surface area contributed by atoms with Crippen molar-refractivity contribution in [2.75, 3.05) is 14.1 Å². The van der Waals surface area contributed by atoms with Gasteiger partial charge in [0, 0.05) is 25.5 Å². The van der Waals surface area contributed by atoms with Gasteiger partial charge in [0.05, 0.1) is 0 Å². The minimum Gasteiger partial charge on any atom is -0.392 e. The van der Waals surface area contributed by atoms with Crippen LogP contribution in [-0.4, -0.2) is 19.0 Å². The summed E-state index contributed by atoms with van der Waals surface area (Å²) in [5.41, 5.74) is 5.17. The summed E-state index contributed by atoms with van der Waals surface area (Å²) in [5, 5.41) is 3.14. The zero-order valence-electron chi connectivity index (χ0n) is 14.0. The van der Waals surface area contributed by atoms with Crippen molar-refractivity contribution in [3.05, 3.63) is 84.4 Å². The first kappa shape index (κ1) is 18.8. The summed E-state index contributed by atoms with van der Waals surface area (Å²) in [6.07, 6.45) is 11.8. The first-order chi connectivity index (χ1) is 9.94. The summed E-state index contributed by atoms with van der Waals surface area (Å²) in [6, 6.07) is 0. The van der Waals surface area contributed by atoms with Gasteiger partial charge in [0.1, 0.15) is 0 Å². The summed E-state index contributed by atoms with van der Waals surface area (Å²) in [7, 11) is 3.87. The number of allylic oxidation sites excluding steroid dienone is 8. The maximum atomic E-state index is 4.17. The molecule has 2 nitrogen and oxygen atoms in total. The predicted octanol–water partition coefficient (Wildman–Crippen LogP) is 4.70. The Kier molecular flexibility index (Phi) is 8.63. The Bertz CT molecular complexity index is 514. The molecule has 114 valence electrons. The lowest BCUT2D eigenvalue weighted by atomic mass is 10.0. The van der Waals surface area contributed by atoms with Crippen LogP contribution in [-0.2, 0) is 0 Å². The number of nitrogens with zero attached hydrogens (tertiary/aromatic N) is 1. The van der Waals surface area contributed by atoms with Crippen LogP contribution in [0, 0.1) is 0 Å². The van der Waals surface area contributed by atoms with Gasteiger partial charge in [0.15, 0.2) is 0 Å². The van der Waals surface area contributed by atoms with E-state index in [9.17, 15) is 0 Å². The molecule has 0 aliphatic heterocycles. The molecule has 0 bridgehead atoms. The van der Waals surface area contributed by atoms with E-state index in [4.69, 9.17) is 0 Å². The van der Waals surface area contributed by atoms with Crippen LogP contribution in [0.3, 0.4) is 0 Å². The molecule has 0 aliphatic rings. The number of nitrogens with one attached hydrogen (secondary N) is 1. The van der Waals surface area contributed by atoms with Gasteiger partial charge in [-0.25, -0.2) is 0 Å². The topological polar surface area (TPSA) is 15.3 Å². The summed E-state index contributed by atoms with van der Waals surface area (Å²) < 4.78 is 0. The van der Waals surface area contributed by atoms with E-state index in [0.717, 1.165) is 28.1 Å². The fraction of sp³-hybridized carbons (Fsp3) is 0.263. The van der Waals surface area contributed by atoms with Crippen LogP contribution in [0.2, 0.25) is 0 Å². The second-order valence-corrected chi connectivity index (χ2v) is 4.62. The zero-order chi connectivity index (χ0) is 16.4. The van der Waals surface area contributed by atoms with Gasteiger partial charge < -0.3 is 10.2 Å². The molecule has 0 rings (SSSR count). The van der Waals surface area contributed by atoms with Gasteiger partial charge in [0.2, 0.25) is 0 Å². The van der Waals surface area contributed by atoms with Crippen LogP contribution < -0.4 is 5.32 Å². The molecule has 0 heterocycles. The van der Waals surface area contributed by atoms with Gasteiger partial charge >= 0.3 is 0 Å². The largest absolute Gasteiger partial charge is 0.392 e. The smallest absolute Gasteiger partial charge is 0.0427 e. The van der Waals surface area contributed by atoms with Crippen molar-refractivity contribution in [1.29, 1.82) is 0 Å². The lowest BCUT2D eigenvalue weighted by Gasteiger charge is -2.19. The Morgan fingerprint density at radius 1 is 1.05 bits per heavy atom. The standard InChI is InChI=1S/C19H28N2/c1-9-17(10-2)18(14-16(6)20-7)13-15(5)19(11-3)21(8)12-4/h9-14,20H,1,4-5H2,2-3,6-8H3/b16-14+,17-10-,18-13-,19-11-. The normalized spacial score (nSPS) is 13.8. The van der Waals surface area contributed by atoms with Crippen LogP contribution in [0.15, 0.2) is 84.4 Å². The molecule has 21 heavy (non-hydrogen) atoms. The molecule has 0 aromatic carbocycles. The minimum atomic E-state index is 0.927. The number of likely N-dealkylation sites (N-methyl/N-ethyl adjacent to an activating group) is 1. The van der Waals surface area contributed by atoms with Gasteiger partial charge in [-0.15, -0.1) is 0 Å². The fourth-order valence-corrected chi connectivity index (χ4v) is 1.89. The van der Waals surface area contributed by atoms with Crippen molar-refractivity contribution in [3.8, 4) is 0 Å². The summed E-state index contributed by atoms with van der Waals surface area (Å²) in [6.45, 7) is 17.9. The van der Waals surface area contributed by atoms with E-state index < -0.39 is 0 Å². The highest BCUT2D eigenvalue weighted by atomic mass is 15.1. The van der Waals surface area contributed by atoms with E-state index in [2.05, 4.69) is 37.2 Å². The monoisotopic (exact) mass is 284 g/mol. The molecule has 0 aromatic heterocycles. The zero-order valence-corrected chi connectivity index (χ0v) is 14.0. The maximum absolute atomic E-state index is 4.17. The molecule has 0 saturated heterocycles. The summed E-state index contributed by atoms with van der Waals surface area (Å²) in [4.78, 5) is 1.95. The Morgan fingerprint density at radius 2 is 1.67 bits per heavy atom. The highest BCUT2D eigenvalue weighted by Crippen LogP contribution is 2.21. The van der Waals surface area contributed by atoms with E-state index in [0.29, 0.717) is 0 Å². The Labute approximate surface area is 130 Å². The van der Waals surface area contributed by atoms with Crippen LogP contribution >= 0.6 is 0 Å². The second kappa shape index (κ2) is 9.65. The maximum Gasteiger partial charge on any atom is 0.0427 e. The van der Waals surface area contributed by atoms with Crippen LogP contribution in [0.5, 0.6) is 0 Å². The molecule has 0 aliphatic carbocycles. The molecular weight excluding hydrogens is 256 g/mol. The first-order valence-corrected chi connectivity index (χ1v) is 7.02. The van der Waals surface area contributed by atoms with Gasteiger partial charge in [-0.1, -0.05) is 38.0 Å². The van der Waals surface area contributed by atoms with Crippen molar-refractivity contribution < 1.29 is 0 Å². The molecule has 0 radical (unpaired) electrons. The molecule has 0 unspecified atom stereocenters. The predicted molar refractivity (Wildman–Crippen MR) is 95.7 cm³/mol. The molecule has 0 atom stereocenters. The van der Waals surface area contributed by atoms with Crippen molar-refractivity contribution in [2.24, 2.45) is 0 Å². The number of rotatable bonds is 8. The molecular formula is C19H28N2. The third-order valence-corrected chi connectivity index (χ3v) is 3.22. The molecule has 1 N–H and O–H groups in total. The lowest BCUT2D eigenvalue weighted by Crippen LogP contribution is -2.10. The third-order valence-electron chi connectivity index (χ3n) is 3.22. The van der Waals surface area contributed by atoms with E-state index in [1.165, 1.54) is 0 Å². The molecule has 0 amide bonds. The molecule has 0 spiro atoms. The van der Waals surface area contributed by atoms with E-state index in [1.807, 2.05) is 58.0 Å². The highest BCUT2D eigenvalue weighted by molar-refractivity contribution is 5.52. The Balaban J connectivity index is 5.78. The molecule has 0 saturated carbocycles. The van der Waals surface area contributed by atoms with Gasteiger partial charge in [-0.2, -0.15) is 0 Å². The van der Waals surface area contributed by atoms with Gasteiger partial charge in [0.25, 0.3) is 0 Å². The van der Waals surface area contributed by atoms with Crippen LogP contribution in [0.4, 0.5) is 0 Å². The van der Waals surface area contributed by atoms with Crippen LogP contribution in [0.1, 0.15) is 20.8 Å². The van der Waals surface area contributed by atoms with Gasteiger partial charge in [-0.05, 0) is 55.8 Å². The number of hydrogen-bond acceptors (Lipinski definition) is 2. The SMILES string of the molecule is C=CC(=C/C)/C(=C\C(=C)/C(=C/C)N(C)C=C)/C=C(\C)NC. The first-order valence-electron chi connectivity index (χ1n) is 7.02. The summed E-state index contributed by atoms with van der Waals surface area (Å²) >= 11 is 0. The summed E-state index contributed by atoms with van der Waals surface area (Å²) in [5.74, 6) is 0. The third kappa shape index (κ3) is 5.74. The average Bonchev–Trinajstić information content (AvgIpc) is 2.48. The van der Waals surface area contributed by atoms with E-state index in [1.54, 1.807) is 6.20 Å². The Morgan fingerprint density at radius 3 is 2.05 bits per heavy atom. The number of hydrogen-bond donors (Lipinski definition) is 1. The minimum absolute atomic E-state index is 0.927. The van der Waals surface area contributed by atoms with Crippen molar-refractivity contribution in [2.45, 2.75) is 20.8 Å². The van der Waals surface area contributed by atoms with Crippen molar-refractivity contribution >= 4 is 0 Å². The highest BCUT2D eigenvalue weighted by Gasteiger charge is 2.06. The fourth-order valence-electron chi connectivity index (χ4n) is 1.89. The lowest BCUT2D eigenvalue weighted by molar-refractivity contribution is 0.583. The van der Waals surface area contributed by atoms with Gasteiger partial charge in [-0.3, -0.25) is 0 Å². The van der Waals surface area contributed by atoms with E-state index >= 15 is 0 Å². The molecule has 0 aromatic rings. The van der Waals surface area contributed by atoms with E-state index in [-0.39, 0.29) is 0 Å². The average molecular weight is 284 g/mol. The van der Waals surface area contributed by atoms with Crippen molar-refractivity contribution in [1.82, 2.24) is 10.2 Å². The Hall–Kier alpha value is -2.22. The molecule has 0 fully saturated rings. The quantitative estimate of drug-likeness (QED) is 0.650. The van der Waals surface area contributed by atoms with Crippen LogP contribution in [0.25, 0.3) is 0 Å². The molecule has 2 heteroatoms. The second-order valence-electron chi connectivity index (χ2n) is 4.62.